The molecule has 0 bridgehead atoms. The number of aliphatic hydroxyl groups is 2. The number of aromatic nitrogens is 3. The molecule has 0 amide bonds. The van der Waals surface area contributed by atoms with E-state index in [1.54, 1.807) is 0 Å². The van der Waals surface area contributed by atoms with Crippen molar-refractivity contribution in [1.82, 2.24) is 15.0 Å². The Kier molecular flexibility index (Phi) is 7.27. The standard InChI is InChI=1S/C26H33F3N4O5/c1-25(2)4-6-26(7-5-25)11-15(31-38-26)10-19-24(36-3)22(23(35)20(13-34)37-19)33-12-18(30-32-33)14-8-16(27)21(29)17(28)9-14/h8-9,12,19-20,22-24,34-35H,4-7,10-11,13H2,1-3H3/t19-,20-,22+,23+,24+/m1/s1. The maximum atomic E-state index is 13.8. The van der Waals surface area contributed by atoms with Crippen LogP contribution in [0, 0.1) is 22.9 Å². The second-order valence-electron chi connectivity index (χ2n) is 11.4. The van der Waals surface area contributed by atoms with E-state index in [1.165, 1.54) is 18.0 Å². The molecule has 2 fully saturated rings. The van der Waals surface area contributed by atoms with Crippen molar-refractivity contribution in [3.8, 4) is 11.3 Å². The first-order valence-electron chi connectivity index (χ1n) is 12.8. The van der Waals surface area contributed by atoms with Gasteiger partial charge in [0.05, 0.1) is 24.6 Å². The maximum absolute atomic E-state index is 13.8. The van der Waals surface area contributed by atoms with Crippen molar-refractivity contribution in [2.45, 2.75) is 88.4 Å². The molecule has 3 aliphatic rings. The molecular formula is C26H33F3N4O5. The molecule has 12 heteroatoms. The fourth-order valence-corrected chi connectivity index (χ4v) is 5.78. The Labute approximate surface area is 218 Å². The lowest BCUT2D eigenvalue weighted by molar-refractivity contribution is -0.210. The summed E-state index contributed by atoms with van der Waals surface area (Å²) in [4.78, 5) is 5.94. The summed E-state index contributed by atoms with van der Waals surface area (Å²) in [5.74, 6) is -4.28. The lowest BCUT2D eigenvalue weighted by atomic mass is 9.69. The SMILES string of the molecule is CO[C@@H]1[C@@H](n2cc(-c3cc(F)c(F)c(F)c3)nn2)[C@@H](O)[C@@H](CO)O[C@@H]1CC1=NOC2(CCC(C)(C)CC2)C1. The number of halogens is 3. The summed E-state index contributed by atoms with van der Waals surface area (Å²) in [6.45, 7) is 4.06. The molecule has 1 saturated carbocycles. The first-order valence-corrected chi connectivity index (χ1v) is 12.8. The van der Waals surface area contributed by atoms with Gasteiger partial charge < -0.3 is 24.5 Å². The fourth-order valence-electron chi connectivity index (χ4n) is 5.78. The van der Waals surface area contributed by atoms with E-state index in [0.29, 0.717) is 12.8 Å². The molecule has 208 valence electrons. The summed E-state index contributed by atoms with van der Waals surface area (Å²) in [5, 5.41) is 33.4. The Morgan fingerprint density at radius 1 is 1.11 bits per heavy atom. The maximum Gasteiger partial charge on any atom is 0.194 e. The van der Waals surface area contributed by atoms with E-state index in [2.05, 4.69) is 29.3 Å². The van der Waals surface area contributed by atoms with Crippen molar-refractivity contribution in [3.05, 3.63) is 35.8 Å². The van der Waals surface area contributed by atoms with Crippen molar-refractivity contribution in [1.29, 1.82) is 0 Å². The summed E-state index contributed by atoms with van der Waals surface area (Å²) in [6.07, 6.45) is 2.84. The highest BCUT2D eigenvalue weighted by Gasteiger charge is 2.49. The zero-order valence-corrected chi connectivity index (χ0v) is 21.6. The Bertz CT molecular complexity index is 1170. The molecule has 3 heterocycles. The molecular weight excluding hydrogens is 505 g/mol. The number of methoxy groups -OCH3 is 1. The van der Waals surface area contributed by atoms with Crippen LogP contribution in [0.5, 0.6) is 0 Å². The van der Waals surface area contributed by atoms with E-state index in [-0.39, 0.29) is 22.3 Å². The largest absolute Gasteiger partial charge is 0.394 e. The summed E-state index contributed by atoms with van der Waals surface area (Å²) in [7, 11) is 1.47. The molecule has 2 N–H and O–H groups in total. The van der Waals surface area contributed by atoms with E-state index < -0.39 is 54.5 Å². The van der Waals surface area contributed by atoms with Crippen LogP contribution >= 0.6 is 0 Å². The molecule has 2 aliphatic heterocycles. The van der Waals surface area contributed by atoms with Gasteiger partial charge in [0.15, 0.2) is 17.5 Å². The van der Waals surface area contributed by atoms with Gasteiger partial charge in [-0.2, -0.15) is 0 Å². The lowest BCUT2D eigenvalue weighted by Crippen LogP contribution is -2.57. The normalized spacial score (nSPS) is 30.3. The summed E-state index contributed by atoms with van der Waals surface area (Å²) in [6, 6.07) is 0.793. The summed E-state index contributed by atoms with van der Waals surface area (Å²) < 4.78 is 54.1. The predicted molar refractivity (Wildman–Crippen MR) is 130 cm³/mol. The van der Waals surface area contributed by atoms with Crippen LogP contribution in [0.25, 0.3) is 11.3 Å². The minimum atomic E-state index is -1.58. The van der Waals surface area contributed by atoms with Gasteiger partial charge in [-0.15, -0.1) is 5.10 Å². The number of hydrogen-bond donors (Lipinski definition) is 2. The average molecular weight is 539 g/mol. The second-order valence-corrected chi connectivity index (χ2v) is 11.4. The minimum Gasteiger partial charge on any atom is -0.394 e. The number of nitrogens with zero attached hydrogens (tertiary/aromatic N) is 4. The molecule has 1 aromatic heterocycles. The van der Waals surface area contributed by atoms with Crippen molar-refractivity contribution in [2.75, 3.05) is 13.7 Å². The number of ether oxygens (including phenoxy) is 2. The van der Waals surface area contributed by atoms with Gasteiger partial charge in [-0.05, 0) is 43.2 Å². The molecule has 38 heavy (non-hydrogen) atoms. The first kappa shape index (κ1) is 27.0. The fraction of sp³-hybridized carbons (Fsp3) is 0.654. The number of benzene rings is 1. The van der Waals surface area contributed by atoms with E-state index in [9.17, 15) is 23.4 Å². The van der Waals surface area contributed by atoms with Gasteiger partial charge in [0.1, 0.15) is 35.6 Å². The topological polar surface area (TPSA) is 111 Å². The predicted octanol–water partition coefficient (Wildman–Crippen LogP) is 3.54. The van der Waals surface area contributed by atoms with E-state index >= 15 is 0 Å². The third kappa shape index (κ3) is 5.06. The third-order valence-corrected chi connectivity index (χ3v) is 8.18. The van der Waals surface area contributed by atoms with Crippen LogP contribution in [0.1, 0.15) is 58.4 Å². The van der Waals surface area contributed by atoms with E-state index in [0.717, 1.165) is 43.5 Å². The average Bonchev–Trinajstić information content (AvgIpc) is 3.53. The number of rotatable bonds is 6. The quantitative estimate of drug-likeness (QED) is 0.541. The summed E-state index contributed by atoms with van der Waals surface area (Å²) >= 11 is 0. The molecule has 1 aliphatic carbocycles. The van der Waals surface area contributed by atoms with Crippen molar-refractivity contribution >= 4 is 5.71 Å². The van der Waals surface area contributed by atoms with Crippen LogP contribution in [0.4, 0.5) is 13.2 Å². The highest BCUT2D eigenvalue weighted by Crippen LogP contribution is 2.46. The third-order valence-electron chi connectivity index (χ3n) is 8.18. The highest BCUT2D eigenvalue weighted by molar-refractivity contribution is 5.86. The van der Waals surface area contributed by atoms with Crippen LogP contribution < -0.4 is 0 Å². The minimum absolute atomic E-state index is 0.0168. The van der Waals surface area contributed by atoms with Gasteiger partial charge in [-0.3, -0.25) is 0 Å². The molecule has 2 aromatic rings. The molecule has 9 nitrogen and oxygen atoms in total. The van der Waals surface area contributed by atoms with Crippen LogP contribution in [-0.4, -0.2) is 74.7 Å². The van der Waals surface area contributed by atoms with Gasteiger partial charge in [0, 0.05) is 25.5 Å². The molecule has 5 rings (SSSR count). The van der Waals surface area contributed by atoms with Gasteiger partial charge in [0.2, 0.25) is 0 Å². The van der Waals surface area contributed by atoms with Gasteiger partial charge in [-0.1, -0.05) is 24.2 Å². The molecule has 0 unspecified atom stereocenters. The number of oxime groups is 1. The van der Waals surface area contributed by atoms with Crippen molar-refractivity contribution in [3.63, 3.8) is 0 Å². The van der Waals surface area contributed by atoms with Crippen molar-refractivity contribution < 1.29 is 37.7 Å². The monoisotopic (exact) mass is 538 g/mol. The van der Waals surface area contributed by atoms with Crippen LogP contribution in [0.15, 0.2) is 23.5 Å². The van der Waals surface area contributed by atoms with Crippen LogP contribution in [-0.2, 0) is 14.3 Å². The van der Waals surface area contributed by atoms with Gasteiger partial charge in [0.25, 0.3) is 0 Å². The van der Waals surface area contributed by atoms with Gasteiger partial charge >= 0.3 is 0 Å². The van der Waals surface area contributed by atoms with Gasteiger partial charge in [-0.25, -0.2) is 17.9 Å². The Morgan fingerprint density at radius 2 is 1.79 bits per heavy atom. The molecule has 5 atom stereocenters. The molecule has 1 saturated heterocycles. The zero-order chi connectivity index (χ0) is 27.2. The number of hydrogen-bond acceptors (Lipinski definition) is 8. The van der Waals surface area contributed by atoms with E-state index in [4.69, 9.17) is 14.3 Å². The molecule has 1 spiro atoms. The Balaban J connectivity index is 1.36. The van der Waals surface area contributed by atoms with Crippen LogP contribution in [0.3, 0.4) is 0 Å². The first-order chi connectivity index (χ1) is 18.0. The summed E-state index contributed by atoms with van der Waals surface area (Å²) in [5.41, 5.74) is 0.851. The van der Waals surface area contributed by atoms with Crippen LogP contribution in [0.2, 0.25) is 0 Å². The van der Waals surface area contributed by atoms with Crippen molar-refractivity contribution in [2.24, 2.45) is 10.6 Å². The zero-order valence-electron chi connectivity index (χ0n) is 21.6. The Hall–Kier alpha value is -2.54. The second kappa shape index (κ2) is 10.2. The lowest BCUT2D eigenvalue weighted by Gasteiger charge is -2.43. The highest BCUT2D eigenvalue weighted by atomic mass is 19.2. The smallest absolute Gasteiger partial charge is 0.194 e. The number of aliphatic hydroxyl groups excluding tert-OH is 2. The molecule has 0 radical (unpaired) electrons. The molecule has 1 aromatic carbocycles. The van der Waals surface area contributed by atoms with E-state index in [1.807, 2.05) is 0 Å². The Morgan fingerprint density at radius 3 is 2.42 bits per heavy atom.